The van der Waals surface area contributed by atoms with Gasteiger partial charge in [-0.15, -0.1) is 0 Å². The fourth-order valence-electron chi connectivity index (χ4n) is 1.87. The van der Waals surface area contributed by atoms with E-state index < -0.39 is 0 Å². The van der Waals surface area contributed by atoms with Crippen LogP contribution in [0.25, 0.3) is 0 Å². The Kier molecular flexibility index (Phi) is 7.44. The van der Waals surface area contributed by atoms with E-state index in [1.807, 2.05) is 20.1 Å². The van der Waals surface area contributed by atoms with Crippen LogP contribution in [0.15, 0.2) is 18.2 Å². The van der Waals surface area contributed by atoms with E-state index in [-0.39, 0.29) is 17.8 Å². The highest BCUT2D eigenvalue weighted by Crippen LogP contribution is 2.20. The molecule has 20 heavy (non-hydrogen) atoms. The number of nitrogens with one attached hydrogen (secondary N) is 2. The van der Waals surface area contributed by atoms with Crippen LogP contribution in [-0.4, -0.2) is 30.5 Å². The molecule has 1 unspecified atom stereocenters. The molecule has 0 heterocycles. The van der Waals surface area contributed by atoms with Gasteiger partial charge in [0.25, 0.3) is 5.91 Å². The molecule has 1 amide bonds. The topological polar surface area (TPSA) is 41.1 Å². The number of anilines is 1. The van der Waals surface area contributed by atoms with E-state index in [9.17, 15) is 9.18 Å². The number of carbonyl (C=O) groups excluding carboxylic acids is 1. The van der Waals surface area contributed by atoms with Gasteiger partial charge in [0.2, 0.25) is 0 Å². The van der Waals surface area contributed by atoms with Crippen molar-refractivity contribution in [1.29, 1.82) is 0 Å². The monoisotopic (exact) mass is 298 g/mol. The van der Waals surface area contributed by atoms with Crippen LogP contribution in [0.1, 0.15) is 37.0 Å². The van der Waals surface area contributed by atoms with Gasteiger partial charge in [0.15, 0.2) is 0 Å². The molecular weight excluding hydrogens is 275 g/mol. The lowest BCUT2D eigenvalue weighted by Gasteiger charge is -2.18. The van der Waals surface area contributed by atoms with E-state index in [0.717, 1.165) is 18.6 Å². The molecule has 1 aromatic carbocycles. The zero-order valence-electron chi connectivity index (χ0n) is 12.3. The van der Waals surface area contributed by atoms with Crippen molar-refractivity contribution in [2.24, 2.45) is 0 Å². The first-order valence-corrected chi connectivity index (χ1v) is 8.35. The van der Waals surface area contributed by atoms with Gasteiger partial charge in [-0.1, -0.05) is 19.9 Å². The highest BCUT2D eigenvalue weighted by molar-refractivity contribution is 7.98. The molecule has 0 aliphatic rings. The second-order valence-corrected chi connectivity index (χ2v) is 5.53. The van der Waals surface area contributed by atoms with Crippen LogP contribution >= 0.6 is 11.8 Å². The number of para-hydroxylation sites is 1. The minimum absolute atomic E-state index is 0.111. The third-order valence-corrected chi connectivity index (χ3v) is 3.74. The molecule has 0 aromatic heterocycles. The summed E-state index contributed by atoms with van der Waals surface area (Å²) in [5.41, 5.74) is 0.670. The molecule has 1 rings (SSSR count). The Bertz CT molecular complexity index is 440. The molecule has 0 radical (unpaired) electrons. The molecule has 1 aromatic rings. The smallest absolute Gasteiger partial charge is 0.253 e. The standard InChI is InChI=1S/C15H23FN2OS/c1-4-9-17-14-12(7-6-8-13(14)16)15(19)18-11(5-2)10-20-3/h6-8,11,17H,4-5,9-10H2,1-3H3,(H,18,19). The Morgan fingerprint density at radius 1 is 1.40 bits per heavy atom. The Morgan fingerprint density at radius 2 is 2.15 bits per heavy atom. The van der Waals surface area contributed by atoms with Crippen LogP contribution in [0.5, 0.6) is 0 Å². The average Bonchev–Trinajstić information content (AvgIpc) is 2.45. The third-order valence-electron chi connectivity index (χ3n) is 3.01. The lowest BCUT2D eigenvalue weighted by Crippen LogP contribution is -2.36. The average molecular weight is 298 g/mol. The van der Waals surface area contributed by atoms with E-state index in [1.165, 1.54) is 6.07 Å². The summed E-state index contributed by atoms with van der Waals surface area (Å²) in [5, 5.41) is 5.96. The molecule has 0 aliphatic carbocycles. The maximum Gasteiger partial charge on any atom is 0.253 e. The molecule has 5 heteroatoms. The molecule has 0 saturated heterocycles. The predicted octanol–water partition coefficient (Wildman–Crippen LogP) is 3.52. The van der Waals surface area contributed by atoms with Gasteiger partial charge in [0, 0.05) is 18.3 Å². The van der Waals surface area contributed by atoms with E-state index in [4.69, 9.17) is 0 Å². The van der Waals surface area contributed by atoms with E-state index >= 15 is 0 Å². The first-order chi connectivity index (χ1) is 9.63. The molecule has 112 valence electrons. The highest BCUT2D eigenvalue weighted by Gasteiger charge is 2.17. The molecule has 0 spiro atoms. The second-order valence-electron chi connectivity index (χ2n) is 4.62. The highest BCUT2D eigenvalue weighted by atomic mass is 32.2. The maximum atomic E-state index is 13.9. The minimum Gasteiger partial charge on any atom is -0.382 e. The summed E-state index contributed by atoms with van der Waals surface area (Å²) in [6.07, 6.45) is 3.74. The summed E-state index contributed by atoms with van der Waals surface area (Å²) in [5.74, 6) is 0.253. The van der Waals surface area contributed by atoms with Gasteiger partial charge in [0.1, 0.15) is 5.82 Å². The predicted molar refractivity (Wildman–Crippen MR) is 85.1 cm³/mol. The van der Waals surface area contributed by atoms with Crippen LogP contribution in [-0.2, 0) is 0 Å². The number of halogens is 1. The van der Waals surface area contributed by atoms with Crippen LogP contribution in [0.3, 0.4) is 0 Å². The fourth-order valence-corrected chi connectivity index (χ4v) is 2.59. The molecule has 2 N–H and O–H groups in total. The van der Waals surface area contributed by atoms with Crippen molar-refractivity contribution in [2.75, 3.05) is 23.9 Å². The van der Waals surface area contributed by atoms with Crippen molar-refractivity contribution >= 4 is 23.4 Å². The Hall–Kier alpha value is -1.23. The van der Waals surface area contributed by atoms with Crippen LogP contribution in [0, 0.1) is 5.82 Å². The number of benzene rings is 1. The minimum atomic E-state index is -0.385. The van der Waals surface area contributed by atoms with Crippen LogP contribution in [0.4, 0.5) is 10.1 Å². The van der Waals surface area contributed by atoms with Gasteiger partial charge in [0.05, 0.1) is 11.3 Å². The Labute approximate surface area is 124 Å². The number of amides is 1. The normalized spacial score (nSPS) is 12.0. The van der Waals surface area contributed by atoms with Crippen LogP contribution < -0.4 is 10.6 Å². The zero-order valence-corrected chi connectivity index (χ0v) is 13.1. The van der Waals surface area contributed by atoms with E-state index in [0.29, 0.717) is 17.8 Å². The van der Waals surface area contributed by atoms with Crippen molar-refractivity contribution < 1.29 is 9.18 Å². The number of hydrogen-bond acceptors (Lipinski definition) is 3. The summed E-state index contributed by atoms with van der Waals surface area (Å²) in [7, 11) is 0. The molecular formula is C15H23FN2OS. The summed E-state index contributed by atoms with van der Waals surface area (Å²) < 4.78 is 13.9. The van der Waals surface area contributed by atoms with E-state index in [2.05, 4.69) is 10.6 Å². The van der Waals surface area contributed by atoms with Gasteiger partial charge in [-0.2, -0.15) is 11.8 Å². The number of hydrogen-bond donors (Lipinski definition) is 2. The third kappa shape index (κ3) is 4.71. The molecule has 0 aliphatic heterocycles. The van der Waals surface area contributed by atoms with E-state index in [1.54, 1.807) is 23.9 Å². The van der Waals surface area contributed by atoms with Gasteiger partial charge in [-0.05, 0) is 31.2 Å². The first-order valence-electron chi connectivity index (χ1n) is 6.96. The molecule has 3 nitrogen and oxygen atoms in total. The maximum absolute atomic E-state index is 13.9. The van der Waals surface area contributed by atoms with Gasteiger partial charge < -0.3 is 10.6 Å². The molecule has 0 bridgehead atoms. The quantitative estimate of drug-likeness (QED) is 0.771. The molecule has 1 atom stereocenters. The van der Waals surface area contributed by atoms with Crippen molar-refractivity contribution in [2.45, 2.75) is 32.7 Å². The first kappa shape index (κ1) is 16.8. The lowest BCUT2D eigenvalue weighted by molar-refractivity contribution is 0.0940. The Balaban J connectivity index is 2.88. The number of carbonyl (C=O) groups is 1. The van der Waals surface area contributed by atoms with Gasteiger partial charge >= 0.3 is 0 Å². The largest absolute Gasteiger partial charge is 0.382 e. The number of rotatable bonds is 8. The van der Waals surface area contributed by atoms with Gasteiger partial charge in [-0.3, -0.25) is 4.79 Å². The number of thioether (sulfide) groups is 1. The van der Waals surface area contributed by atoms with Crippen LogP contribution in [0.2, 0.25) is 0 Å². The van der Waals surface area contributed by atoms with Crippen molar-refractivity contribution in [1.82, 2.24) is 5.32 Å². The molecule has 0 saturated carbocycles. The van der Waals surface area contributed by atoms with Crippen molar-refractivity contribution in [3.05, 3.63) is 29.6 Å². The SMILES string of the molecule is CCCNc1c(F)cccc1C(=O)NC(CC)CSC. The summed E-state index contributed by atoms with van der Waals surface area (Å²) in [6.45, 7) is 4.67. The second kappa shape index (κ2) is 8.84. The lowest BCUT2D eigenvalue weighted by atomic mass is 10.1. The summed E-state index contributed by atoms with van der Waals surface area (Å²) >= 11 is 1.69. The van der Waals surface area contributed by atoms with Crippen molar-refractivity contribution in [3.8, 4) is 0 Å². The summed E-state index contributed by atoms with van der Waals surface area (Å²) in [4.78, 5) is 12.3. The Morgan fingerprint density at radius 3 is 2.75 bits per heavy atom. The molecule has 0 fully saturated rings. The van der Waals surface area contributed by atoms with Gasteiger partial charge in [-0.25, -0.2) is 4.39 Å². The zero-order chi connectivity index (χ0) is 15.0. The van der Waals surface area contributed by atoms with Crippen molar-refractivity contribution in [3.63, 3.8) is 0 Å². The summed E-state index contributed by atoms with van der Waals surface area (Å²) in [6, 6.07) is 4.70. The fraction of sp³-hybridized carbons (Fsp3) is 0.533.